The first-order valence-electron chi connectivity index (χ1n) is 6.55. The highest BCUT2D eigenvalue weighted by Gasteiger charge is 2.25. The lowest BCUT2D eigenvalue weighted by atomic mass is 10.2. The largest absolute Gasteiger partial charge is 0.480 e. The lowest BCUT2D eigenvalue weighted by Crippen LogP contribution is -2.49. The first-order valence-corrected chi connectivity index (χ1v) is 7.95. The molecule has 2 amide bonds. The Morgan fingerprint density at radius 3 is 2.26 bits per heavy atom. The summed E-state index contributed by atoms with van der Waals surface area (Å²) in [6, 6.07) is -0.0528. The average Bonchev–Trinajstić information content (AvgIpc) is 2.32. The average molecular weight is 290 g/mol. The number of hydrogen-bond acceptors (Lipinski definition) is 3. The van der Waals surface area contributed by atoms with E-state index in [1.807, 2.05) is 27.0 Å². The molecule has 0 aromatic rings. The molecule has 1 N–H and O–H groups in total. The number of rotatable bonds is 8. The summed E-state index contributed by atoms with van der Waals surface area (Å²) in [7, 11) is 1.75. The molecule has 0 bridgehead atoms. The van der Waals surface area contributed by atoms with Crippen molar-refractivity contribution in [3.8, 4) is 0 Å². The number of carbonyl (C=O) groups is 2. The van der Waals surface area contributed by atoms with E-state index in [0.717, 1.165) is 12.2 Å². The van der Waals surface area contributed by atoms with Crippen molar-refractivity contribution in [1.82, 2.24) is 9.80 Å². The summed E-state index contributed by atoms with van der Waals surface area (Å²) in [5.41, 5.74) is 0. The van der Waals surface area contributed by atoms with Crippen molar-refractivity contribution in [1.29, 1.82) is 0 Å². The molecule has 0 aliphatic heterocycles. The van der Waals surface area contributed by atoms with Gasteiger partial charge in [0, 0.05) is 25.4 Å². The maximum absolute atomic E-state index is 12.4. The van der Waals surface area contributed by atoms with Crippen LogP contribution in [0.4, 0.5) is 4.79 Å². The van der Waals surface area contributed by atoms with Gasteiger partial charge in [-0.25, -0.2) is 4.79 Å². The molecule has 0 radical (unpaired) electrons. The van der Waals surface area contributed by atoms with Crippen LogP contribution in [0.15, 0.2) is 0 Å². The van der Waals surface area contributed by atoms with Crippen LogP contribution in [0.25, 0.3) is 0 Å². The van der Waals surface area contributed by atoms with Gasteiger partial charge in [-0.2, -0.15) is 11.8 Å². The third kappa shape index (κ3) is 6.71. The van der Waals surface area contributed by atoms with Crippen molar-refractivity contribution in [3.05, 3.63) is 0 Å². The Balaban J connectivity index is 4.79. The quantitative estimate of drug-likeness (QED) is 0.744. The van der Waals surface area contributed by atoms with E-state index in [-0.39, 0.29) is 24.5 Å². The van der Waals surface area contributed by atoms with Crippen LogP contribution in [0.3, 0.4) is 0 Å². The minimum absolute atomic E-state index is 0.144. The second-order valence-corrected chi connectivity index (χ2v) is 5.99. The number of nitrogens with zero attached hydrogens (tertiary/aromatic N) is 2. The summed E-state index contributed by atoms with van der Waals surface area (Å²) in [6.07, 6.45) is 2.87. The fraction of sp³-hybridized carbons (Fsp3) is 0.846. The van der Waals surface area contributed by atoms with Gasteiger partial charge in [-0.05, 0) is 18.6 Å². The molecule has 6 heteroatoms. The zero-order chi connectivity index (χ0) is 15.0. The summed E-state index contributed by atoms with van der Waals surface area (Å²) in [5, 5.41) is 8.91. The van der Waals surface area contributed by atoms with Crippen LogP contribution in [-0.2, 0) is 4.79 Å². The van der Waals surface area contributed by atoms with Gasteiger partial charge in [0.05, 0.1) is 0 Å². The van der Waals surface area contributed by atoms with Crippen LogP contribution in [0.1, 0.15) is 27.2 Å². The molecule has 0 saturated carbocycles. The van der Waals surface area contributed by atoms with E-state index >= 15 is 0 Å². The van der Waals surface area contributed by atoms with Crippen LogP contribution in [-0.4, -0.2) is 65.1 Å². The van der Waals surface area contributed by atoms with Crippen molar-refractivity contribution in [2.75, 3.05) is 32.1 Å². The fourth-order valence-electron chi connectivity index (χ4n) is 1.89. The van der Waals surface area contributed by atoms with Gasteiger partial charge in [-0.3, -0.25) is 4.79 Å². The van der Waals surface area contributed by atoms with Crippen LogP contribution < -0.4 is 0 Å². The second kappa shape index (κ2) is 9.07. The van der Waals surface area contributed by atoms with Gasteiger partial charge in [0.1, 0.15) is 6.54 Å². The molecule has 0 heterocycles. The van der Waals surface area contributed by atoms with E-state index in [2.05, 4.69) is 0 Å². The normalized spacial score (nSPS) is 12.3. The highest BCUT2D eigenvalue weighted by molar-refractivity contribution is 7.98. The van der Waals surface area contributed by atoms with Crippen LogP contribution >= 0.6 is 11.8 Å². The summed E-state index contributed by atoms with van der Waals surface area (Å²) in [5.74, 6) is 0.138. The SMILES string of the molecule is CCC(CSC)N(C)C(=O)N(CC(=O)O)CC(C)C. The van der Waals surface area contributed by atoms with E-state index in [0.29, 0.717) is 6.54 Å². The fourth-order valence-corrected chi connectivity index (χ4v) is 2.73. The molecule has 0 aliphatic carbocycles. The van der Waals surface area contributed by atoms with Gasteiger partial charge >= 0.3 is 12.0 Å². The Morgan fingerprint density at radius 1 is 1.32 bits per heavy atom. The lowest BCUT2D eigenvalue weighted by molar-refractivity contribution is -0.137. The number of amides is 2. The van der Waals surface area contributed by atoms with Gasteiger partial charge in [-0.15, -0.1) is 0 Å². The molecular weight excluding hydrogens is 264 g/mol. The predicted octanol–water partition coefficient (Wildman–Crippen LogP) is 2.22. The maximum atomic E-state index is 12.4. The summed E-state index contributed by atoms with van der Waals surface area (Å²) in [4.78, 5) is 26.3. The number of carbonyl (C=O) groups excluding carboxylic acids is 1. The lowest BCUT2D eigenvalue weighted by Gasteiger charge is -2.33. The van der Waals surface area contributed by atoms with E-state index in [1.54, 1.807) is 23.7 Å². The van der Waals surface area contributed by atoms with E-state index in [9.17, 15) is 9.59 Å². The van der Waals surface area contributed by atoms with Crippen molar-refractivity contribution in [2.45, 2.75) is 33.2 Å². The summed E-state index contributed by atoms with van der Waals surface area (Å²) < 4.78 is 0. The number of urea groups is 1. The highest BCUT2D eigenvalue weighted by atomic mass is 32.2. The van der Waals surface area contributed by atoms with E-state index < -0.39 is 5.97 Å². The van der Waals surface area contributed by atoms with Crippen molar-refractivity contribution in [3.63, 3.8) is 0 Å². The summed E-state index contributed by atoms with van der Waals surface area (Å²) >= 11 is 1.69. The Hall–Kier alpha value is -0.910. The molecule has 0 aromatic heterocycles. The molecule has 0 aromatic carbocycles. The highest BCUT2D eigenvalue weighted by Crippen LogP contribution is 2.12. The molecule has 1 atom stereocenters. The minimum atomic E-state index is -0.972. The van der Waals surface area contributed by atoms with Crippen molar-refractivity contribution < 1.29 is 14.7 Å². The number of thioether (sulfide) groups is 1. The van der Waals surface area contributed by atoms with E-state index in [1.165, 1.54) is 4.90 Å². The molecule has 5 nitrogen and oxygen atoms in total. The van der Waals surface area contributed by atoms with Crippen LogP contribution in [0.5, 0.6) is 0 Å². The minimum Gasteiger partial charge on any atom is -0.480 e. The number of carboxylic acid groups (broad SMARTS) is 1. The van der Waals surface area contributed by atoms with Crippen LogP contribution in [0.2, 0.25) is 0 Å². The smallest absolute Gasteiger partial charge is 0.323 e. The van der Waals surface area contributed by atoms with Crippen molar-refractivity contribution in [2.24, 2.45) is 5.92 Å². The van der Waals surface area contributed by atoms with Crippen molar-refractivity contribution >= 4 is 23.8 Å². The Bertz CT molecular complexity index is 298. The molecule has 0 rings (SSSR count). The van der Waals surface area contributed by atoms with Gasteiger partial charge in [0.15, 0.2) is 0 Å². The van der Waals surface area contributed by atoms with Gasteiger partial charge in [0.2, 0.25) is 0 Å². The monoisotopic (exact) mass is 290 g/mol. The first kappa shape index (κ1) is 18.1. The number of hydrogen-bond donors (Lipinski definition) is 1. The maximum Gasteiger partial charge on any atom is 0.323 e. The standard InChI is InChI=1S/C13H26N2O3S/c1-6-11(9-19-5)14(4)13(18)15(7-10(2)3)8-12(16)17/h10-11H,6-9H2,1-5H3,(H,16,17). The summed E-state index contributed by atoms with van der Waals surface area (Å²) in [6.45, 7) is 6.21. The molecule has 19 heavy (non-hydrogen) atoms. The third-order valence-electron chi connectivity index (χ3n) is 2.86. The van der Waals surface area contributed by atoms with E-state index in [4.69, 9.17) is 5.11 Å². The molecular formula is C13H26N2O3S. The van der Waals surface area contributed by atoms with Gasteiger partial charge in [-0.1, -0.05) is 20.8 Å². The van der Waals surface area contributed by atoms with Crippen LogP contribution in [0, 0.1) is 5.92 Å². The zero-order valence-electron chi connectivity index (χ0n) is 12.5. The number of aliphatic carboxylic acids is 1. The van der Waals surface area contributed by atoms with Gasteiger partial charge in [0.25, 0.3) is 0 Å². The molecule has 112 valence electrons. The second-order valence-electron chi connectivity index (χ2n) is 5.08. The van der Waals surface area contributed by atoms with Gasteiger partial charge < -0.3 is 14.9 Å². The molecule has 1 unspecified atom stereocenters. The Morgan fingerprint density at radius 2 is 1.89 bits per heavy atom. The molecule has 0 fully saturated rings. The zero-order valence-corrected chi connectivity index (χ0v) is 13.4. The molecule has 0 spiro atoms. The predicted molar refractivity (Wildman–Crippen MR) is 79.7 cm³/mol. The Kier molecular flexibility index (Phi) is 8.63. The topological polar surface area (TPSA) is 60.9 Å². The number of carboxylic acids is 1. The third-order valence-corrected chi connectivity index (χ3v) is 3.58. The molecule has 0 saturated heterocycles. The first-order chi connectivity index (χ1) is 8.83. The molecule has 0 aliphatic rings. The Labute approximate surface area is 120 Å².